The van der Waals surface area contributed by atoms with Crippen molar-refractivity contribution in [1.82, 2.24) is 9.62 Å². The van der Waals surface area contributed by atoms with Crippen LogP contribution in [-0.4, -0.2) is 56.7 Å². The summed E-state index contributed by atoms with van der Waals surface area (Å²) in [5.41, 5.74) is 0. The van der Waals surface area contributed by atoms with Gasteiger partial charge in [0.25, 0.3) is 0 Å². The Bertz CT molecular complexity index is 355. The number of nitrogens with zero attached hydrogens (tertiary/aromatic N) is 1. The Morgan fingerprint density at radius 2 is 2.12 bits per heavy atom. The molecule has 1 rings (SSSR count). The molecule has 1 aliphatic rings. The standard InChI is InChI=1S/C9H18N2O4S/c1-7-5-11(8(2)4-10-7)16(13,14)6-9(12)15-3/h7-8,10H,4-6H2,1-3H3. The maximum atomic E-state index is 11.9. The van der Waals surface area contributed by atoms with Crippen molar-refractivity contribution >= 4 is 16.0 Å². The summed E-state index contributed by atoms with van der Waals surface area (Å²) >= 11 is 0. The highest BCUT2D eigenvalue weighted by atomic mass is 32.2. The van der Waals surface area contributed by atoms with Gasteiger partial charge in [-0.05, 0) is 13.8 Å². The van der Waals surface area contributed by atoms with Crippen LogP contribution in [0.5, 0.6) is 0 Å². The predicted octanol–water partition coefficient (Wildman–Crippen LogP) is -0.829. The summed E-state index contributed by atoms with van der Waals surface area (Å²) in [6.45, 7) is 4.71. The van der Waals surface area contributed by atoms with E-state index in [9.17, 15) is 13.2 Å². The topological polar surface area (TPSA) is 75.7 Å². The van der Waals surface area contributed by atoms with Crippen molar-refractivity contribution in [2.24, 2.45) is 0 Å². The van der Waals surface area contributed by atoms with E-state index in [0.29, 0.717) is 13.1 Å². The van der Waals surface area contributed by atoms with E-state index in [0.717, 1.165) is 0 Å². The van der Waals surface area contributed by atoms with E-state index in [1.807, 2.05) is 13.8 Å². The molecule has 1 N–H and O–H groups in total. The molecule has 94 valence electrons. The van der Waals surface area contributed by atoms with Gasteiger partial charge in [-0.1, -0.05) is 0 Å². The summed E-state index contributed by atoms with van der Waals surface area (Å²) in [4.78, 5) is 11.0. The van der Waals surface area contributed by atoms with Gasteiger partial charge in [-0.15, -0.1) is 0 Å². The van der Waals surface area contributed by atoms with Gasteiger partial charge in [0.05, 0.1) is 7.11 Å². The van der Waals surface area contributed by atoms with Crippen LogP contribution in [0.4, 0.5) is 0 Å². The Hall–Kier alpha value is -0.660. The zero-order chi connectivity index (χ0) is 12.3. The lowest BCUT2D eigenvalue weighted by Gasteiger charge is -2.36. The van der Waals surface area contributed by atoms with Crippen LogP contribution in [0.1, 0.15) is 13.8 Å². The van der Waals surface area contributed by atoms with E-state index in [4.69, 9.17) is 0 Å². The van der Waals surface area contributed by atoms with Crippen LogP contribution in [0, 0.1) is 0 Å². The van der Waals surface area contributed by atoms with Crippen LogP contribution in [0.25, 0.3) is 0 Å². The first-order valence-electron chi connectivity index (χ1n) is 5.16. The van der Waals surface area contributed by atoms with Crippen LogP contribution < -0.4 is 5.32 Å². The molecule has 2 atom stereocenters. The van der Waals surface area contributed by atoms with E-state index in [2.05, 4.69) is 10.1 Å². The summed E-state index contributed by atoms with van der Waals surface area (Å²) in [6.07, 6.45) is 0. The summed E-state index contributed by atoms with van der Waals surface area (Å²) in [7, 11) is -2.38. The third kappa shape index (κ3) is 3.16. The predicted molar refractivity (Wildman–Crippen MR) is 59.4 cm³/mol. The Labute approximate surface area is 96.0 Å². The third-order valence-corrected chi connectivity index (χ3v) is 4.42. The van der Waals surface area contributed by atoms with Crippen LogP contribution in [0.2, 0.25) is 0 Å². The SMILES string of the molecule is COC(=O)CS(=O)(=O)N1CC(C)NCC1C. The van der Waals surface area contributed by atoms with E-state index in [-0.39, 0.29) is 12.1 Å². The number of carbonyl (C=O) groups excluding carboxylic acids is 1. The number of hydrogen-bond acceptors (Lipinski definition) is 5. The molecule has 0 spiro atoms. The van der Waals surface area contributed by atoms with Crippen molar-refractivity contribution in [1.29, 1.82) is 0 Å². The van der Waals surface area contributed by atoms with Gasteiger partial charge in [-0.2, -0.15) is 4.31 Å². The second-order valence-electron chi connectivity index (χ2n) is 4.06. The van der Waals surface area contributed by atoms with E-state index in [1.54, 1.807) is 0 Å². The fourth-order valence-corrected chi connectivity index (χ4v) is 3.32. The van der Waals surface area contributed by atoms with Crippen LogP contribution >= 0.6 is 0 Å². The maximum Gasteiger partial charge on any atom is 0.322 e. The second kappa shape index (κ2) is 5.11. The molecule has 0 bridgehead atoms. The zero-order valence-electron chi connectivity index (χ0n) is 9.76. The Morgan fingerprint density at radius 3 is 2.69 bits per heavy atom. The lowest BCUT2D eigenvalue weighted by atomic mass is 10.2. The van der Waals surface area contributed by atoms with Crippen LogP contribution in [0.15, 0.2) is 0 Å². The first-order chi connectivity index (χ1) is 7.36. The monoisotopic (exact) mass is 250 g/mol. The van der Waals surface area contributed by atoms with Crippen LogP contribution in [-0.2, 0) is 19.6 Å². The largest absolute Gasteiger partial charge is 0.468 e. The number of ether oxygens (including phenoxy) is 1. The van der Waals surface area contributed by atoms with Crippen molar-refractivity contribution in [3.8, 4) is 0 Å². The number of esters is 1. The molecular weight excluding hydrogens is 232 g/mol. The molecule has 7 heteroatoms. The molecule has 0 aromatic rings. The number of nitrogens with one attached hydrogen (secondary N) is 1. The van der Waals surface area contributed by atoms with Crippen molar-refractivity contribution < 1.29 is 17.9 Å². The fraction of sp³-hybridized carbons (Fsp3) is 0.889. The molecular formula is C9H18N2O4S. The molecule has 1 heterocycles. The van der Waals surface area contributed by atoms with Gasteiger partial charge in [0.2, 0.25) is 10.0 Å². The molecule has 0 aromatic carbocycles. The minimum absolute atomic E-state index is 0.101. The minimum Gasteiger partial charge on any atom is -0.468 e. The molecule has 2 unspecified atom stereocenters. The number of rotatable bonds is 3. The van der Waals surface area contributed by atoms with Gasteiger partial charge in [0.15, 0.2) is 5.75 Å². The first-order valence-corrected chi connectivity index (χ1v) is 6.77. The second-order valence-corrected chi connectivity index (χ2v) is 5.98. The van der Waals surface area contributed by atoms with Crippen molar-refractivity contribution in [2.75, 3.05) is 26.0 Å². The highest BCUT2D eigenvalue weighted by Gasteiger charge is 2.33. The zero-order valence-corrected chi connectivity index (χ0v) is 10.6. The first kappa shape index (κ1) is 13.4. The summed E-state index contributed by atoms with van der Waals surface area (Å²) in [5.74, 6) is -1.31. The molecule has 1 saturated heterocycles. The van der Waals surface area contributed by atoms with Gasteiger partial charge in [0, 0.05) is 25.2 Å². The number of methoxy groups -OCH3 is 1. The van der Waals surface area contributed by atoms with Crippen molar-refractivity contribution in [2.45, 2.75) is 25.9 Å². The number of carbonyl (C=O) groups is 1. The molecule has 0 saturated carbocycles. The third-order valence-electron chi connectivity index (χ3n) is 2.59. The quantitative estimate of drug-likeness (QED) is 0.662. The van der Waals surface area contributed by atoms with Crippen LogP contribution in [0.3, 0.4) is 0 Å². The molecule has 1 fully saturated rings. The van der Waals surface area contributed by atoms with E-state index < -0.39 is 21.7 Å². The Morgan fingerprint density at radius 1 is 1.50 bits per heavy atom. The molecule has 0 aromatic heterocycles. The molecule has 0 radical (unpaired) electrons. The summed E-state index contributed by atoms with van der Waals surface area (Å²) < 4.78 is 29.6. The van der Waals surface area contributed by atoms with Gasteiger partial charge in [-0.25, -0.2) is 8.42 Å². The van der Waals surface area contributed by atoms with Gasteiger partial charge in [0.1, 0.15) is 0 Å². The average Bonchev–Trinajstić information content (AvgIpc) is 2.20. The van der Waals surface area contributed by atoms with Crippen molar-refractivity contribution in [3.05, 3.63) is 0 Å². The normalized spacial score (nSPS) is 27.7. The Balaban J connectivity index is 2.77. The molecule has 16 heavy (non-hydrogen) atoms. The number of sulfonamides is 1. The fourth-order valence-electron chi connectivity index (χ4n) is 1.67. The van der Waals surface area contributed by atoms with E-state index >= 15 is 0 Å². The van der Waals surface area contributed by atoms with Gasteiger partial charge in [-0.3, -0.25) is 4.79 Å². The number of piperazine rings is 1. The number of hydrogen-bond donors (Lipinski definition) is 1. The lowest BCUT2D eigenvalue weighted by molar-refractivity contribution is -0.137. The highest BCUT2D eigenvalue weighted by molar-refractivity contribution is 7.89. The van der Waals surface area contributed by atoms with E-state index in [1.165, 1.54) is 11.4 Å². The average molecular weight is 250 g/mol. The smallest absolute Gasteiger partial charge is 0.322 e. The highest BCUT2D eigenvalue weighted by Crippen LogP contribution is 2.12. The summed E-state index contributed by atoms with van der Waals surface area (Å²) in [5, 5.41) is 3.18. The molecule has 0 amide bonds. The molecule has 6 nitrogen and oxygen atoms in total. The maximum absolute atomic E-state index is 11.9. The minimum atomic E-state index is -3.56. The van der Waals surface area contributed by atoms with Gasteiger partial charge >= 0.3 is 5.97 Å². The lowest BCUT2D eigenvalue weighted by Crippen LogP contribution is -2.57. The molecule has 1 aliphatic heterocycles. The van der Waals surface area contributed by atoms with Crippen molar-refractivity contribution in [3.63, 3.8) is 0 Å². The molecule has 0 aliphatic carbocycles. The van der Waals surface area contributed by atoms with Gasteiger partial charge < -0.3 is 10.1 Å². The Kier molecular flexibility index (Phi) is 4.28. The summed E-state index contributed by atoms with van der Waals surface area (Å²) in [6, 6.07) is -0.0329.